The van der Waals surface area contributed by atoms with Crippen molar-refractivity contribution in [2.75, 3.05) is 0 Å². The van der Waals surface area contributed by atoms with E-state index in [1.807, 2.05) is 54.9 Å². The molecule has 0 aliphatic carbocycles. The van der Waals surface area contributed by atoms with Crippen molar-refractivity contribution in [2.45, 2.75) is 25.8 Å². The highest BCUT2D eigenvalue weighted by molar-refractivity contribution is 5.75. The van der Waals surface area contributed by atoms with Crippen LogP contribution in [0.5, 0.6) is 0 Å². The van der Waals surface area contributed by atoms with E-state index in [-0.39, 0.29) is 6.54 Å². The molecule has 0 radical (unpaired) electrons. The Balaban J connectivity index is 1.27. The molecule has 1 aromatic heterocycles. The maximum Gasteiger partial charge on any atom is 0.416 e. The lowest BCUT2D eigenvalue weighted by Gasteiger charge is -2.11. The van der Waals surface area contributed by atoms with Crippen molar-refractivity contribution in [1.82, 2.24) is 20.2 Å². The molecule has 0 saturated heterocycles. The molecule has 2 N–H and O–H groups in total. The number of alkyl halides is 3. The van der Waals surface area contributed by atoms with Gasteiger partial charge in [-0.2, -0.15) is 13.2 Å². The number of hydrogen-bond donors (Lipinski definition) is 2. The highest BCUT2D eigenvalue weighted by Crippen LogP contribution is 2.29. The van der Waals surface area contributed by atoms with Crippen LogP contribution in [0.25, 0.3) is 11.0 Å². The van der Waals surface area contributed by atoms with Crippen molar-refractivity contribution in [3.05, 3.63) is 101 Å². The van der Waals surface area contributed by atoms with E-state index < -0.39 is 17.8 Å². The van der Waals surface area contributed by atoms with Crippen LogP contribution >= 0.6 is 0 Å². The van der Waals surface area contributed by atoms with E-state index in [0.717, 1.165) is 34.3 Å². The van der Waals surface area contributed by atoms with Gasteiger partial charge in [0.25, 0.3) is 0 Å². The molecule has 0 fully saturated rings. The van der Waals surface area contributed by atoms with E-state index in [9.17, 15) is 18.0 Å². The van der Waals surface area contributed by atoms with Gasteiger partial charge in [-0.1, -0.05) is 48.5 Å². The average molecular weight is 438 g/mol. The molecule has 0 bridgehead atoms. The number of hydrogen-bond acceptors (Lipinski definition) is 2. The molecule has 164 valence electrons. The van der Waals surface area contributed by atoms with Gasteiger partial charge in [-0.05, 0) is 41.0 Å². The maximum atomic E-state index is 12.8. The third-order valence-corrected chi connectivity index (χ3v) is 5.06. The van der Waals surface area contributed by atoms with E-state index in [4.69, 9.17) is 0 Å². The first kappa shape index (κ1) is 21.4. The molecule has 4 aromatic rings. The number of fused-ring (bicyclic) bond motifs is 1. The monoisotopic (exact) mass is 438 g/mol. The number of nitrogens with zero attached hydrogens (tertiary/aromatic N) is 2. The van der Waals surface area contributed by atoms with Gasteiger partial charge in [0, 0.05) is 19.6 Å². The Morgan fingerprint density at radius 3 is 2.28 bits per heavy atom. The first-order valence-electron chi connectivity index (χ1n) is 10.0. The van der Waals surface area contributed by atoms with Crippen LogP contribution in [0.1, 0.15) is 22.3 Å². The predicted octanol–water partition coefficient (Wildman–Crippen LogP) is 5.10. The van der Waals surface area contributed by atoms with E-state index >= 15 is 0 Å². The molecule has 0 atom stereocenters. The third-order valence-electron chi connectivity index (χ3n) is 5.06. The Morgan fingerprint density at radius 2 is 1.53 bits per heavy atom. The van der Waals surface area contributed by atoms with Gasteiger partial charge in [-0.3, -0.25) is 0 Å². The molecule has 0 aliphatic heterocycles. The van der Waals surface area contributed by atoms with E-state index in [2.05, 4.69) is 20.2 Å². The minimum Gasteiger partial charge on any atom is -0.334 e. The summed E-state index contributed by atoms with van der Waals surface area (Å²) in [5.41, 5.74) is 3.68. The van der Waals surface area contributed by atoms with Crippen molar-refractivity contribution in [3.63, 3.8) is 0 Å². The summed E-state index contributed by atoms with van der Waals surface area (Å²) in [7, 11) is 0. The number of nitrogens with one attached hydrogen (secondary N) is 2. The maximum absolute atomic E-state index is 12.8. The van der Waals surface area contributed by atoms with Crippen LogP contribution in [0, 0.1) is 0 Å². The summed E-state index contributed by atoms with van der Waals surface area (Å²) in [4.78, 5) is 16.4. The van der Waals surface area contributed by atoms with Gasteiger partial charge in [0.1, 0.15) is 0 Å². The molecular weight excluding hydrogens is 417 g/mol. The number of benzene rings is 3. The van der Waals surface area contributed by atoms with Crippen LogP contribution in [0.2, 0.25) is 0 Å². The number of para-hydroxylation sites is 2. The van der Waals surface area contributed by atoms with Crippen LogP contribution in [0.3, 0.4) is 0 Å². The Labute approximate surface area is 182 Å². The van der Waals surface area contributed by atoms with Gasteiger partial charge < -0.3 is 15.2 Å². The highest BCUT2D eigenvalue weighted by atomic mass is 19.4. The SMILES string of the molecule is O=C(NCc1ccc(Cn2cnc3ccccc32)cc1)NCc1cccc(C(F)(F)F)c1. The second-order valence-electron chi connectivity index (χ2n) is 7.41. The predicted molar refractivity (Wildman–Crippen MR) is 116 cm³/mol. The second-order valence-corrected chi connectivity index (χ2v) is 7.41. The topological polar surface area (TPSA) is 59.0 Å². The Hall–Kier alpha value is -3.81. The molecule has 2 amide bonds. The molecule has 8 heteroatoms. The number of carbonyl (C=O) groups is 1. The number of carbonyl (C=O) groups excluding carboxylic acids is 1. The van der Waals surface area contributed by atoms with Crippen molar-refractivity contribution in [2.24, 2.45) is 0 Å². The average Bonchev–Trinajstić information content (AvgIpc) is 3.20. The smallest absolute Gasteiger partial charge is 0.334 e. The lowest BCUT2D eigenvalue weighted by molar-refractivity contribution is -0.137. The zero-order valence-corrected chi connectivity index (χ0v) is 17.1. The lowest BCUT2D eigenvalue weighted by Crippen LogP contribution is -2.34. The normalized spacial score (nSPS) is 11.5. The van der Waals surface area contributed by atoms with Gasteiger partial charge >= 0.3 is 12.2 Å². The van der Waals surface area contributed by atoms with E-state index in [1.165, 1.54) is 12.1 Å². The van der Waals surface area contributed by atoms with Gasteiger partial charge in [-0.15, -0.1) is 0 Å². The minimum atomic E-state index is -4.41. The van der Waals surface area contributed by atoms with Crippen molar-refractivity contribution >= 4 is 17.1 Å². The zero-order chi connectivity index (χ0) is 22.6. The lowest BCUT2D eigenvalue weighted by atomic mass is 10.1. The number of rotatable bonds is 6. The number of amides is 2. The summed E-state index contributed by atoms with van der Waals surface area (Å²) in [5.74, 6) is 0. The zero-order valence-electron chi connectivity index (χ0n) is 17.1. The van der Waals surface area contributed by atoms with Crippen LogP contribution in [-0.2, 0) is 25.8 Å². The van der Waals surface area contributed by atoms with E-state index in [1.54, 1.807) is 0 Å². The molecule has 0 spiro atoms. The number of aromatic nitrogens is 2. The first-order valence-corrected chi connectivity index (χ1v) is 10.0. The van der Waals surface area contributed by atoms with Crippen LogP contribution in [0.4, 0.5) is 18.0 Å². The van der Waals surface area contributed by atoms with Crippen molar-refractivity contribution < 1.29 is 18.0 Å². The minimum absolute atomic E-state index is 0.00749. The third kappa shape index (κ3) is 5.26. The number of urea groups is 1. The summed E-state index contributed by atoms with van der Waals surface area (Å²) in [6, 6.07) is 20.2. The second kappa shape index (κ2) is 9.13. The summed E-state index contributed by atoms with van der Waals surface area (Å²) >= 11 is 0. The largest absolute Gasteiger partial charge is 0.416 e. The van der Waals surface area contributed by atoms with Gasteiger partial charge in [-0.25, -0.2) is 9.78 Å². The Kier molecular flexibility index (Phi) is 6.11. The van der Waals surface area contributed by atoms with Gasteiger partial charge in [0.2, 0.25) is 0 Å². The molecule has 1 heterocycles. The van der Waals surface area contributed by atoms with Crippen molar-refractivity contribution in [1.29, 1.82) is 0 Å². The quantitative estimate of drug-likeness (QED) is 0.440. The summed E-state index contributed by atoms with van der Waals surface area (Å²) in [5, 5.41) is 5.29. The molecule has 0 unspecified atom stereocenters. The number of halogens is 3. The number of imidazole rings is 1. The van der Waals surface area contributed by atoms with Gasteiger partial charge in [0.15, 0.2) is 0 Å². The fraction of sp³-hybridized carbons (Fsp3) is 0.167. The van der Waals surface area contributed by atoms with Crippen LogP contribution in [0.15, 0.2) is 79.1 Å². The molecule has 4 rings (SSSR count). The standard InChI is InChI=1S/C24H21F3N4O/c25-24(26,27)20-5-3-4-19(12-20)14-29-23(32)28-13-17-8-10-18(11-9-17)15-31-16-30-21-6-1-2-7-22(21)31/h1-12,16H,13-15H2,(H2,28,29,32). The van der Waals surface area contributed by atoms with Gasteiger partial charge in [0.05, 0.1) is 22.9 Å². The molecule has 0 aliphatic rings. The highest BCUT2D eigenvalue weighted by Gasteiger charge is 2.30. The van der Waals surface area contributed by atoms with Crippen LogP contribution < -0.4 is 10.6 Å². The molecule has 3 aromatic carbocycles. The molecule has 0 saturated carbocycles. The van der Waals surface area contributed by atoms with Crippen molar-refractivity contribution in [3.8, 4) is 0 Å². The first-order chi connectivity index (χ1) is 15.4. The fourth-order valence-electron chi connectivity index (χ4n) is 3.38. The van der Waals surface area contributed by atoms with E-state index in [0.29, 0.717) is 18.7 Å². The molecule has 5 nitrogen and oxygen atoms in total. The fourth-order valence-corrected chi connectivity index (χ4v) is 3.38. The Morgan fingerprint density at radius 1 is 0.844 bits per heavy atom. The van der Waals surface area contributed by atoms with Crippen LogP contribution in [-0.4, -0.2) is 15.6 Å². The Bertz CT molecular complexity index is 1220. The summed E-state index contributed by atoms with van der Waals surface area (Å²) in [6.07, 6.45) is -2.59. The summed E-state index contributed by atoms with van der Waals surface area (Å²) in [6.45, 7) is 1.00. The molecular formula is C24H21F3N4O. The molecule has 32 heavy (non-hydrogen) atoms. The summed E-state index contributed by atoms with van der Waals surface area (Å²) < 4.78 is 40.4.